The molecule has 7 heteroatoms. The highest BCUT2D eigenvalue weighted by atomic mass is 32.2. The van der Waals surface area contributed by atoms with E-state index in [0.29, 0.717) is 12.6 Å². The average molecular weight is 268 g/mol. The van der Waals surface area contributed by atoms with Crippen molar-refractivity contribution in [2.45, 2.75) is 26.3 Å². The van der Waals surface area contributed by atoms with Gasteiger partial charge in [0, 0.05) is 32.3 Å². The maximum Gasteiger partial charge on any atom is 0.264 e. The van der Waals surface area contributed by atoms with Gasteiger partial charge in [-0.25, -0.2) is 0 Å². The fraction of sp³-hybridized carbons (Fsp3) is 1.00. The van der Waals surface area contributed by atoms with E-state index in [1.54, 1.807) is 0 Å². The number of hydrogen-bond donors (Lipinski definition) is 3. The topological polar surface area (TPSA) is 89.9 Å². The van der Waals surface area contributed by atoms with Crippen LogP contribution in [0, 0.1) is 0 Å². The molecule has 0 aromatic carbocycles. The second-order valence-electron chi connectivity index (χ2n) is 3.87. The van der Waals surface area contributed by atoms with Crippen LogP contribution in [0.2, 0.25) is 0 Å². The van der Waals surface area contributed by atoms with E-state index < -0.39 is 10.1 Å². The molecule has 0 aromatic rings. The summed E-state index contributed by atoms with van der Waals surface area (Å²) in [4.78, 5) is 2.42. The van der Waals surface area contributed by atoms with Gasteiger partial charge in [-0.3, -0.25) is 9.45 Å². The Labute approximate surface area is 104 Å². The van der Waals surface area contributed by atoms with Crippen LogP contribution in [0.4, 0.5) is 0 Å². The summed E-state index contributed by atoms with van der Waals surface area (Å²) in [5.41, 5.74) is 0. The summed E-state index contributed by atoms with van der Waals surface area (Å²) in [7, 11) is -3.66. The van der Waals surface area contributed by atoms with E-state index in [1.165, 1.54) is 6.92 Å². The first-order valence-corrected chi connectivity index (χ1v) is 7.56. The van der Waals surface area contributed by atoms with E-state index in [0.717, 1.165) is 32.6 Å². The summed E-state index contributed by atoms with van der Waals surface area (Å²) in [6.45, 7) is 8.21. The molecule has 1 saturated heterocycles. The molecule has 0 amide bonds. The molecule has 0 aromatic heterocycles. The number of nitrogens with one attached hydrogen (secondary N) is 1. The second kappa shape index (κ2) is 8.82. The third kappa shape index (κ3) is 8.50. The summed E-state index contributed by atoms with van der Waals surface area (Å²) in [5, 5.41) is 12.1. The Hall–Kier alpha value is -0.210. The van der Waals surface area contributed by atoms with Crippen molar-refractivity contribution >= 4 is 10.1 Å². The molecule has 1 atom stereocenters. The molecule has 1 unspecified atom stereocenters. The van der Waals surface area contributed by atoms with E-state index >= 15 is 0 Å². The molecule has 6 nitrogen and oxygen atoms in total. The zero-order chi connectivity index (χ0) is 13.3. The van der Waals surface area contributed by atoms with Gasteiger partial charge in [0.05, 0.1) is 5.75 Å². The quantitative estimate of drug-likeness (QED) is 0.599. The van der Waals surface area contributed by atoms with Crippen LogP contribution in [-0.4, -0.2) is 67.6 Å². The van der Waals surface area contributed by atoms with Gasteiger partial charge in [-0.1, -0.05) is 6.92 Å². The molecule has 1 fully saturated rings. The number of aliphatic hydroxyl groups is 1. The van der Waals surface area contributed by atoms with E-state index in [-0.39, 0.29) is 5.75 Å². The molecular weight excluding hydrogens is 244 g/mol. The van der Waals surface area contributed by atoms with E-state index in [1.807, 2.05) is 0 Å². The standard InChI is InChI=1S/C8H18N2O.C2H6O3S/c1-2-10-5-4-9-7-8(10)3-6-11;1-2-6(3,4)5/h8-9,11H,2-7H2,1H3;2H2,1H3,(H,3,4,5). The lowest BCUT2D eigenvalue weighted by Crippen LogP contribution is -2.51. The highest BCUT2D eigenvalue weighted by Crippen LogP contribution is 2.05. The SMILES string of the molecule is CCN1CCNCC1CCO.CCS(=O)(=O)O. The van der Waals surface area contributed by atoms with Crippen LogP contribution < -0.4 is 5.32 Å². The highest BCUT2D eigenvalue weighted by molar-refractivity contribution is 7.85. The number of aliphatic hydroxyl groups excluding tert-OH is 1. The Balaban J connectivity index is 0.000000366. The molecular formula is C10H24N2O4S. The van der Waals surface area contributed by atoms with Crippen LogP contribution in [0.15, 0.2) is 0 Å². The molecule has 3 N–H and O–H groups in total. The molecule has 1 aliphatic heterocycles. The van der Waals surface area contributed by atoms with Crippen molar-refractivity contribution in [3.63, 3.8) is 0 Å². The van der Waals surface area contributed by atoms with Crippen LogP contribution >= 0.6 is 0 Å². The minimum atomic E-state index is -3.66. The third-order valence-corrected chi connectivity index (χ3v) is 3.44. The maximum atomic E-state index is 9.56. The third-order valence-electron chi connectivity index (χ3n) is 2.71. The summed E-state index contributed by atoms with van der Waals surface area (Å²) in [5.74, 6) is -0.201. The number of hydrogen-bond acceptors (Lipinski definition) is 5. The Morgan fingerprint density at radius 1 is 1.41 bits per heavy atom. The van der Waals surface area contributed by atoms with Gasteiger partial charge in [0.15, 0.2) is 0 Å². The fourth-order valence-electron chi connectivity index (χ4n) is 1.65. The molecule has 0 saturated carbocycles. The summed E-state index contributed by atoms with van der Waals surface area (Å²) >= 11 is 0. The van der Waals surface area contributed by atoms with Crippen molar-refractivity contribution in [2.24, 2.45) is 0 Å². The fourth-order valence-corrected chi connectivity index (χ4v) is 1.65. The Morgan fingerprint density at radius 3 is 2.41 bits per heavy atom. The molecule has 0 aliphatic carbocycles. The number of piperazine rings is 1. The Kier molecular flexibility index (Phi) is 8.71. The van der Waals surface area contributed by atoms with Gasteiger partial charge in [0.1, 0.15) is 0 Å². The maximum absolute atomic E-state index is 9.56. The molecule has 1 aliphatic rings. The van der Waals surface area contributed by atoms with Gasteiger partial charge >= 0.3 is 0 Å². The highest BCUT2D eigenvalue weighted by Gasteiger charge is 2.19. The normalized spacial score (nSPS) is 21.8. The van der Waals surface area contributed by atoms with Crippen LogP contribution in [-0.2, 0) is 10.1 Å². The van der Waals surface area contributed by atoms with Crippen LogP contribution in [0.3, 0.4) is 0 Å². The first kappa shape index (κ1) is 16.8. The molecule has 17 heavy (non-hydrogen) atoms. The second-order valence-corrected chi connectivity index (χ2v) is 5.61. The first-order valence-electron chi connectivity index (χ1n) is 5.95. The summed E-state index contributed by atoms with van der Waals surface area (Å²) in [6.07, 6.45) is 0.904. The first-order chi connectivity index (χ1) is 7.94. The summed E-state index contributed by atoms with van der Waals surface area (Å²) < 4.78 is 26.9. The molecule has 1 rings (SSSR count). The van der Waals surface area contributed by atoms with Crippen molar-refractivity contribution in [3.05, 3.63) is 0 Å². The van der Waals surface area contributed by atoms with Crippen LogP contribution in [0.1, 0.15) is 20.3 Å². The molecule has 0 spiro atoms. The van der Waals surface area contributed by atoms with Gasteiger partial charge in [0.2, 0.25) is 0 Å². The van der Waals surface area contributed by atoms with Crippen LogP contribution in [0.25, 0.3) is 0 Å². The van der Waals surface area contributed by atoms with Crippen molar-refractivity contribution in [1.82, 2.24) is 10.2 Å². The lowest BCUT2D eigenvalue weighted by atomic mass is 10.1. The van der Waals surface area contributed by atoms with E-state index in [2.05, 4.69) is 17.1 Å². The molecule has 104 valence electrons. The zero-order valence-electron chi connectivity index (χ0n) is 10.6. The van der Waals surface area contributed by atoms with Crippen molar-refractivity contribution in [2.75, 3.05) is 38.5 Å². The smallest absolute Gasteiger partial charge is 0.264 e. The van der Waals surface area contributed by atoms with Gasteiger partial charge in [-0.05, 0) is 19.9 Å². The van der Waals surface area contributed by atoms with Crippen LogP contribution in [0.5, 0.6) is 0 Å². The number of nitrogens with zero attached hydrogens (tertiary/aromatic N) is 1. The molecule has 1 heterocycles. The number of rotatable bonds is 4. The zero-order valence-corrected chi connectivity index (χ0v) is 11.4. The van der Waals surface area contributed by atoms with Gasteiger partial charge < -0.3 is 10.4 Å². The monoisotopic (exact) mass is 268 g/mol. The Morgan fingerprint density at radius 2 is 2.00 bits per heavy atom. The van der Waals surface area contributed by atoms with Gasteiger partial charge in [0.25, 0.3) is 10.1 Å². The lowest BCUT2D eigenvalue weighted by Gasteiger charge is -2.34. The number of likely N-dealkylation sites (N-methyl/N-ethyl adjacent to an activating group) is 1. The van der Waals surface area contributed by atoms with E-state index in [4.69, 9.17) is 9.66 Å². The van der Waals surface area contributed by atoms with Gasteiger partial charge in [-0.2, -0.15) is 8.42 Å². The molecule has 0 bridgehead atoms. The minimum Gasteiger partial charge on any atom is -0.396 e. The predicted octanol–water partition coefficient (Wildman–Crippen LogP) is -0.443. The largest absolute Gasteiger partial charge is 0.396 e. The Bertz CT molecular complexity index is 280. The molecule has 0 radical (unpaired) electrons. The average Bonchev–Trinajstić information content (AvgIpc) is 2.30. The van der Waals surface area contributed by atoms with E-state index in [9.17, 15) is 8.42 Å². The predicted molar refractivity (Wildman–Crippen MR) is 67.7 cm³/mol. The van der Waals surface area contributed by atoms with Crippen molar-refractivity contribution in [3.8, 4) is 0 Å². The van der Waals surface area contributed by atoms with Crippen molar-refractivity contribution < 1.29 is 18.1 Å². The lowest BCUT2D eigenvalue weighted by molar-refractivity contribution is 0.136. The van der Waals surface area contributed by atoms with Gasteiger partial charge in [-0.15, -0.1) is 0 Å². The minimum absolute atomic E-state index is 0.201. The van der Waals surface area contributed by atoms with Crippen molar-refractivity contribution in [1.29, 1.82) is 0 Å². The summed E-state index contributed by atoms with van der Waals surface area (Å²) in [6, 6.07) is 0.554.